The maximum atomic E-state index is 3.39. The molecule has 0 heterocycles. The number of hydrogen-bond donors (Lipinski definition) is 0. The van der Waals surface area contributed by atoms with Gasteiger partial charge in [0.15, 0.2) is 0 Å². The van der Waals surface area contributed by atoms with Crippen LogP contribution in [0.25, 0.3) is 0 Å². The van der Waals surface area contributed by atoms with Crippen LogP contribution in [-0.2, 0) is 0 Å². The van der Waals surface area contributed by atoms with E-state index in [4.69, 9.17) is 0 Å². The summed E-state index contributed by atoms with van der Waals surface area (Å²) in [6.07, 6.45) is 8.56. The van der Waals surface area contributed by atoms with Crippen molar-refractivity contribution in [3.8, 4) is 0 Å². The van der Waals surface area contributed by atoms with Gasteiger partial charge in [0.2, 0.25) is 0 Å². The van der Waals surface area contributed by atoms with E-state index in [1.807, 2.05) is 0 Å². The van der Waals surface area contributed by atoms with E-state index in [-0.39, 0.29) is 0 Å². The summed E-state index contributed by atoms with van der Waals surface area (Å²) in [6.45, 7) is 7.05. The second kappa shape index (κ2) is 2.94. The molecule has 0 amide bonds. The van der Waals surface area contributed by atoms with Gasteiger partial charge in [-0.1, -0.05) is 20.8 Å². The third-order valence-corrected chi connectivity index (χ3v) is 2.56. The molecule has 1 rings (SSSR count). The fraction of sp³-hybridized carbons (Fsp3) is 0.900. The summed E-state index contributed by atoms with van der Waals surface area (Å²) in [5, 5.41) is 0. The lowest BCUT2D eigenvalue weighted by Gasteiger charge is -2.33. The Morgan fingerprint density at radius 3 is 1.90 bits per heavy atom. The van der Waals surface area contributed by atoms with Crippen molar-refractivity contribution >= 4 is 0 Å². The van der Waals surface area contributed by atoms with E-state index in [0.29, 0.717) is 5.41 Å². The van der Waals surface area contributed by atoms with E-state index in [2.05, 4.69) is 27.2 Å². The van der Waals surface area contributed by atoms with Crippen molar-refractivity contribution in [3.05, 3.63) is 6.42 Å². The average Bonchev–Trinajstić information content (AvgIpc) is 1.88. The molecule has 1 aliphatic rings. The van der Waals surface area contributed by atoms with Crippen molar-refractivity contribution in [2.75, 3.05) is 0 Å². The minimum Gasteiger partial charge on any atom is -0.0599 e. The van der Waals surface area contributed by atoms with Crippen LogP contribution in [0.15, 0.2) is 0 Å². The summed E-state index contributed by atoms with van der Waals surface area (Å²) in [5.41, 5.74) is 0.530. The van der Waals surface area contributed by atoms with E-state index >= 15 is 0 Å². The van der Waals surface area contributed by atoms with Crippen LogP contribution < -0.4 is 0 Å². The summed E-state index contributed by atoms with van der Waals surface area (Å²) >= 11 is 0. The van der Waals surface area contributed by atoms with Crippen molar-refractivity contribution in [2.24, 2.45) is 11.3 Å². The zero-order valence-corrected chi connectivity index (χ0v) is 7.41. The highest BCUT2D eigenvalue weighted by atomic mass is 14.3. The van der Waals surface area contributed by atoms with Gasteiger partial charge in [-0.15, -0.1) is 0 Å². The van der Waals surface area contributed by atoms with Gasteiger partial charge < -0.3 is 0 Å². The second-order valence-electron chi connectivity index (χ2n) is 4.39. The van der Waals surface area contributed by atoms with E-state index in [0.717, 1.165) is 5.92 Å². The van der Waals surface area contributed by atoms with E-state index < -0.39 is 0 Å². The largest absolute Gasteiger partial charge is 0.0599 e. The third kappa shape index (κ3) is 2.00. The van der Waals surface area contributed by atoms with Crippen LogP contribution in [0.3, 0.4) is 0 Å². The average molecular weight is 138 g/mol. The highest BCUT2D eigenvalue weighted by molar-refractivity contribution is 4.83. The molecule has 0 aromatic carbocycles. The van der Waals surface area contributed by atoms with E-state index in [1.165, 1.54) is 25.7 Å². The molecule has 0 aliphatic heterocycles. The first-order valence-electron chi connectivity index (χ1n) is 4.31. The number of rotatable bonds is 0. The molecule has 0 unspecified atom stereocenters. The minimum absolute atomic E-state index is 0.530. The highest BCUT2D eigenvalue weighted by Gasteiger charge is 2.25. The van der Waals surface area contributed by atoms with E-state index in [9.17, 15) is 0 Å². The molecule has 1 aliphatic carbocycles. The smallest absolute Gasteiger partial charge is 0.0173 e. The summed E-state index contributed by atoms with van der Waals surface area (Å²) in [4.78, 5) is 0. The molecule has 1 saturated carbocycles. The predicted molar refractivity (Wildman–Crippen MR) is 44.7 cm³/mol. The lowest BCUT2D eigenvalue weighted by Crippen LogP contribution is -2.22. The van der Waals surface area contributed by atoms with Crippen LogP contribution in [0.4, 0.5) is 0 Å². The summed E-state index contributed by atoms with van der Waals surface area (Å²) < 4.78 is 0. The lowest BCUT2D eigenvalue weighted by molar-refractivity contribution is 0.196. The van der Waals surface area contributed by atoms with Crippen molar-refractivity contribution in [1.29, 1.82) is 0 Å². The van der Waals surface area contributed by atoms with Crippen LogP contribution in [0.5, 0.6) is 0 Å². The molecule has 2 radical (unpaired) electrons. The summed E-state index contributed by atoms with van der Waals surface area (Å²) in [5.74, 6) is 0.939. The van der Waals surface area contributed by atoms with Crippen LogP contribution in [0, 0.1) is 17.8 Å². The molecule has 0 aromatic heterocycles. The van der Waals surface area contributed by atoms with E-state index in [1.54, 1.807) is 0 Å². The SMILES string of the molecule is CC(C)(C)C1CC[C]CC1. The van der Waals surface area contributed by atoms with Crippen LogP contribution in [-0.4, -0.2) is 0 Å². The topological polar surface area (TPSA) is 0 Å². The molecule has 0 nitrogen and oxygen atoms in total. The summed E-state index contributed by atoms with van der Waals surface area (Å²) in [7, 11) is 0. The number of hydrogen-bond acceptors (Lipinski definition) is 0. The Labute approximate surface area is 65.0 Å². The molecule has 1 fully saturated rings. The minimum atomic E-state index is 0.530. The Bertz CT molecular complexity index is 91.1. The maximum Gasteiger partial charge on any atom is -0.0173 e. The molecule has 0 aromatic rings. The molecular weight excluding hydrogens is 120 g/mol. The Morgan fingerprint density at radius 2 is 1.60 bits per heavy atom. The molecule has 0 spiro atoms. The van der Waals surface area contributed by atoms with Gasteiger partial charge >= 0.3 is 0 Å². The van der Waals surface area contributed by atoms with Crippen molar-refractivity contribution in [2.45, 2.75) is 46.5 Å². The first kappa shape index (κ1) is 8.10. The predicted octanol–water partition coefficient (Wildman–Crippen LogP) is 3.30. The second-order valence-corrected chi connectivity index (χ2v) is 4.39. The first-order chi connectivity index (χ1) is 4.61. The quantitative estimate of drug-likeness (QED) is 0.482. The molecule has 0 bridgehead atoms. The first-order valence-corrected chi connectivity index (χ1v) is 4.31. The molecule has 0 N–H and O–H groups in total. The molecule has 0 heteroatoms. The lowest BCUT2D eigenvalue weighted by atomic mass is 9.72. The van der Waals surface area contributed by atoms with Crippen molar-refractivity contribution in [3.63, 3.8) is 0 Å². The van der Waals surface area contributed by atoms with Gasteiger partial charge in [0.1, 0.15) is 0 Å². The van der Waals surface area contributed by atoms with Crippen LogP contribution in [0.2, 0.25) is 0 Å². The zero-order valence-electron chi connectivity index (χ0n) is 7.41. The Balaban J connectivity index is 2.39. The normalized spacial score (nSPS) is 23.1. The fourth-order valence-electron chi connectivity index (χ4n) is 1.69. The Kier molecular flexibility index (Phi) is 2.38. The molecule has 0 saturated heterocycles. The Morgan fingerprint density at radius 1 is 1.10 bits per heavy atom. The zero-order chi connectivity index (χ0) is 7.61. The summed E-state index contributed by atoms with van der Waals surface area (Å²) in [6, 6.07) is 0. The molecule has 58 valence electrons. The van der Waals surface area contributed by atoms with Gasteiger partial charge in [-0.2, -0.15) is 0 Å². The molecular formula is C10H18. The van der Waals surface area contributed by atoms with Gasteiger partial charge in [-0.3, -0.25) is 0 Å². The Hall–Kier alpha value is 0. The van der Waals surface area contributed by atoms with Gasteiger partial charge in [0.05, 0.1) is 0 Å². The van der Waals surface area contributed by atoms with Gasteiger partial charge in [-0.25, -0.2) is 0 Å². The van der Waals surface area contributed by atoms with Crippen molar-refractivity contribution in [1.82, 2.24) is 0 Å². The highest BCUT2D eigenvalue weighted by Crippen LogP contribution is 2.36. The molecule has 0 atom stereocenters. The van der Waals surface area contributed by atoms with Gasteiger partial charge in [-0.05, 0) is 43.4 Å². The maximum absolute atomic E-state index is 3.39. The monoisotopic (exact) mass is 138 g/mol. The van der Waals surface area contributed by atoms with Crippen LogP contribution >= 0.6 is 0 Å². The van der Waals surface area contributed by atoms with Gasteiger partial charge in [0, 0.05) is 0 Å². The van der Waals surface area contributed by atoms with Gasteiger partial charge in [0.25, 0.3) is 0 Å². The van der Waals surface area contributed by atoms with Crippen molar-refractivity contribution < 1.29 is 0 Å². The third-order valence-electron chi connectivity index (χ3n) is 2.56. The molecule has 10 heavy (non-hydrogen) atoms. The standard InChI is InChI=1S/C10H18/c1-10(2,3)9-7-5-4-6-8-9/h9H,5-8H2,1-3H3. The fourth-order valence-corrected chi connectivity index (χ4v) is 1.69. The van der Waals surface area contributed by atoms with Crippen LogP contribution in [0.1, 0.15) is 46.5 Å².